The highest BCUT2D eigenvalue weighted by molar-refractivity contribution is 5.99. The van der Waals surface area contributed by atoms with Crippen molar-refractivity contribution in [2.45, 2.75) is 32.1 Å². The minimum Gasteiger partial charge on any atom is -0.369 e. The molecule has 1 aromatic carbocycles. The molecule has 0 bridgehead atoms. The molecule has 7 nitrogen and oxygen atoms in total. The summed E-state index contributed by atoms with van der Waals surface area (Å²) in [4.78, 5) is 23.8. The van der Waals surface area contributed by atoms with Crippen LogP contribution in [0.4, 0.5) is 20.4 Å². The normalized spacial score (nSPS) is 15.4. The Morgan fingerprint density at radius 1 is 1.21 bits per heavy atom. The van der Waals surface area contributed by atoms with Crippen molar-refractivity contribution >= 4 is 17.5 Å². The highest BCUT2D eigenvalue weighted by Crippen LogP contribution is 2.24. The number of carbonyl (C=O) groups excluding carboxylic acids is 1. The monoisotopic (exact) mass is 466 g/mol. The van der Waals surface area contributed by atoms with Crippen LogP contribution in [0.25, 0.3) is 0 Å². The van der Waals surface area contributed by atoms with Gasteiger partial charge in [0.25, 0.3) is 5.91 Å². The molecule has 34 heavy (non-hydrogen) atoms. The SMILES string of the molecule is NCc1ncccc1CNC(=O)c1ccc(N2CC[C@H](F)C2)nc1NCCc1cccc(F)c1. The van der Waals surface area contributed by atoms with Gasteiger partial charge in [-0.05, 0) is 54.3 Å². The number of nitrogens with two attached hydrogens (primary N) is 1. The highest BCUT2D eigenvalue weighted by atomic mass is 19.1. The molecule has 4 N–H and O–H groups in total. The number of aromatic nitrogens is 2. The Balaban J connectivity index is 1.50. The zero-order chi connectivity index (χ0) is 23.9. The molecule has 178 valence electrons. The predicted molar refractivity (Wildman–Crippen MR) is 128 cm³/mol. The van der Waals surface area contributed by atoms with Gasteiger partial charge in [-0.1, -0.05) is 18.2 Å². The Morgan fingerprint density at radius 2 is 2.09 bits per heavy atom. The zero-order valence-electron chi connectivity index (χ0n) is 18.8. The van der Waals surface area contributed by atoms with Crippen molar-refractivity contribution in [3.8, 4) is 0 Å². The van der Waals surface area contributed by atoms with Crippen LogP contribution < -0.4 is 21.3 Å². The number of alkyl halides is 1. The van der Waals surface area contributed by atoms with Crippen molar-refractivity contribution in [1.29, 1.82) is 0 Å². The Kier molecular flexibility index (Phi) is 7.64. The number of nitrogens with zero attached hydrogens (tertiary/aromatic N) is 3. The third-order valence-electron chi connectivity index (χ3n) is 5.79. The Bertz CT molecular complexity index is 1140. The second kappa shape index (κ2) is 11.0. The number of rotatable bonds is 9. The molecule has 0 spiro atoms. The first kappa shape index (κ1) is 23.6. The van der Waals surface area contributed by atoms with Gasteiger partial charge >= 0.3 is 0 Å². The molecule has 3 aromatic rings. The van der Waals surface area contributed by atoms with Crippen LogP contribution in [0.2, 0.25) is 0 Å². The van der Waals surface area contributed by atoms with E-state index in [0.29, 0.717) is 43.1 Å². The minimum absolute atomic E-state index is 0.277. The molecule has 1 fully saturated rings. The third-order valence-corrected chi connectivity index (χ3v) is 5.79. The molecule has 1 aliphatic heterocycles. The summed E-state index contributed by atoms with van der Waals surface area (Å²) in [7, 11) is 0. The summed E-state index contributed by atoms with van der Waals surface area (Å²) in [5.41, 5.74) is 8.51. The van der Waals surface area contributed by atoms with Gasteiger partial charge in [-0.15, -0.1) is 0 Å². The fourth-order valence-electron chi connectivity index (χ4n) is 3.97. The lowest BCUT2D eigenvalue weighted by molar-refractivity contribution is 0.0951. The lowest BCUT2D eigenvalue weighted by Crippen LogP contribution is -2.27. The Morgan fingerprint density at radius 3 is 2.85 bits per heavy atom. The highest BCUT2D eigenvalue weighted by Gasteiger charge is 2.24. The molecule has 4 rings (SSSR count). The number of benzene rings is 1. The van der Waals surface area contributed by atoms with Gasteiger partial charge in [-0.2, -0.15) is 0 Å². The van der Waals surface area contributed by atoms with Crippen molar-refractivity contribution in [3.63, 3.8) is 0 Å². The first-order valence-corrected chi connectivity index (χ1v) is 11.3. The fourth-order valence-corrected chi connectivity index (χ4v) is 3.97. The van der Waals surface area contributed by atoms with Crippen molar-refractivity contribution in [1.82, 2.24) is 15.3 Å². The molecule has 0 unspecified atom stereocenters. The van der Waals surface area contributed by atoms with E-state index in [-0.39, 0.29) is 31.4 Å². The van der Waals surface area contributed by atoms with E-state index >= 15 is 0 Å². The van der Waals surface area contributed by atoms with E-state index in [1.807, 2.05) is 17.0 Å². The van der Waals surface area contributed by atoms with E-state index < -0.39 is 6.17 Å². The van der Waals surface area contributed by atoms with E-state index in [4.69, 9.17) is 5.73 Å². The molecular weight excluding hydrogens is 438 g/mol. The van der Waals surface area contributed by atoms with Crippen LogP contribution in [0.15, 0.2) is 54.7 Å². The van der Waals surface area contributed by atoms with Crippen LogP contribution >= 0.6 is 0 Å². The summed E-state index contributed by atoms with van der Waals surface area (Å²) in [6.45, 7) is 1.86. The maximum Gasteiger partial charge on any atom is 0.255 e. The first-order chi connectivity index (χ1) is 16.5. The average Bonchev–Trinajstić information content (AvgIpc) is 3.29. The number of carbonyl (C=O) groups is 1. The zero-order valence-corrected chi connectivity index (χ0v) is 18.8. The second-order valence-corrected chi connectivity index (χ2v) is 8.20. The largest absolute Gasteiger partial charge is 0.369 e. The molecule has 1 atom stereocenters. The Hall–Kier alpha value is -3.59. The number of hydrogen-bond acceptors (Lipinski definition) is 6. The number of amides is 1. The quantitative estimate of drug-likeness (QED) is 0.448. The summed E-state index contributed by atoms with van der Waals surface area (Å²) in [5, 5.41) is 6.12. The molecule has 1 saturated heterocycles. The molecule has 0 radical (unpaired) electrons. The van der Waals surface area contributed by atoms with E-state index in [1.54, 1.807) is 30.5 Å². The van der Waals surface area contributed by atoms with Crippen LogP contribution in [0.3, 0.4) is 0 Å². The van der Waals surface area contributed by atoms with Crippen LogP contribution in [0, 0.1) is 5.82 Å². The fraction of sp³-hybridized carbons (Fsp3) is 0.320. The Labute approximate surface area is 197 Å². The lowest BCUT2D eigenvalue weighted by atomic mass is 10.1. The lowest BCUT2D eigenvalue weighted by Gasteiger charge is -2.19. The van der Waals surface area contributed by atoms with Gasteiger partial charge in [0, 0.05) is 32.4 Å². The van der Waals surface area contributed by atoms with Crippen molar-refractivity contribution < 1.29 is 13.6 Å². The third kappa shape index (κ3) is 5.85. The minimum atomic E-state index is -0.884. The number of hydrogen-bond donors (Lipinski definition) is 3. The van der Waals surface area contributed by atoms with Crippen LogP contribution in [-0.2, 0) is 19.5 Å². The van der Waals surface area contributed by atoms with Crippen LogP contribution in [0.1, 0.15) is 33.6 Å². The molecule has 1 aliphatic rings. The van der Waals surface area contributed by atoms with Crippen molar-refractivity contribution in [3.05, 3.63) is 82.9 Å². The van der Waals surface area contributed by atoms with Gasteiger partial charge in [0.15, 0.2) is 0 Å². The van der Waals surface area contributed by atoms with Crippen molar-refractivity contribution in [2.24, 2.45) is 5.73 Å². The molecule has 0 aliphatic carbocycles. The summed E-state index contributed by atoms with van der Waals surface area (Å²) < 4.78 is 27.2. The molecule has 9 heteroatoms. The van der Waals surface area contributed by atoms with Gasteiger partial charge < -0.3 is 21.3 Å². The average molecular weight is 467 g/mol. The maximum atomic E-state index is 13.7. The van der Waals surface area contributed by atoms with Crippen LogP contribution in [-0.4, -0.2) is 41.7 Å². The molecule has 3 heterocycles. The van der Waals surface area contributed by atoms with E-state index in [0.717, 1.165) is 16.8 Å². The second-order valence-electron chi connectivity index (χ2n) is 8.20. The van der Waals surface area contributed by atoms with Gasteiger partial charge in [-0.25, -0.2) is 13.8 Å². The smallest absolute Gasteiger partial charge is 0.255 e. The van der Waals surface area contributed by atoms with Gasteiger partial charge in [0.1, 0.15) is 23.6 Å². The van der Waals surface area contributed by atoms with Gasteiger partial charge in [0.05, 0.1) is 17.8 Å². The topological polar surface area (TPSA) is 96.2 Å². The molecule has 2 aromatic heterocycles. The maximum absolute atomic E-state index is 13.7. The predicted octanol–water partition coefficient (Wildman–Crippen LogP) is 3.21. The van der Waals surface area contributed by atoms with Gasteiger partial charge in [-0.3, -0.25) is 9.78 Å². The molecule has 1 amide bonds. The summed E-state index contributed by atoms with van der Waals surface area (Å²) in [6.07, 6.45) is 1.79. The van der Waals surface area contributed by atoms with Crippen molar-refractivity contribution in [2.75, 3.05) is 29.9 Å². The van der Waals surface area contributed by atoms with E-state index in [9.17, 15) is 13.6 Å². The summed E-state index contributed by atoms with van der Waals surface area (Å²) in [5.74, 6) is 0.422. The standard InChI is InChI=1S/C25H28F2N6O/c26-19-5-1-3-17(13-19)8-11-30-24-21(6-7-23(32-24)33-12-9-20(27)16-33)25(34)31-15-18-4-2-10-29-22(18)14-28/h1-7,10,13,20H,8-9,11-12,14-16,28H2,(H,30,32)(H,31,34)/t20-/m0/s1. The van der Waals surface area contributed by atoms with Crippen LogP contribution in [0.5, 0.6) is 0 Å². The molecular formula is C25H28F2N6O. The summed E-state index contributed by atoms with van der Waals surface area (Å²) >= 11 is 0. The number of pyridine rings is 2. The van der Waals surface area contributed by atoms with E-state index in [2.05, 4.69) is 20.6 Å². The first-order valence-electron chi connectivity index (χ1n) is 11.3. The number of anilines is 2. The van der Waals surface area contributed by atoms with Gasteiger partial charge in [0.2, 0.25) is 0 Å². The molecule has 0 saturated carbocycles. The number of halogens is 2. The number of nitrogens with one attached hydrogen (secondary N) is 2. The van der Waals surface area contributed by atoms with E-state index in [1.165, 1.54) is 12.1 Å². The summed E-state index contributed by atoms with van der Waals surface area (Å²) in [6, 6.07) is 13.5.